The number of benzene rings is 1. The maximum absolute atomic E-state index is 8.49. The molecular formula is C14H11Cl2NO4. The summed E-state index contributed by atoms with van der Waals surface area (Å²) in [5, 5.41) is 3.13. The van der Waals surface area contributed by atoms with E-state index < -0.39 is 10.2 Å². The van der Waals surface area contributed by atoms with E-state index in [9.17, 15) is 0 Å². The summed E-state index contributed by atoms with van der Waals surface area (Å²) in [6.45, 7) is 2.13. The van der Waals surface area contributed by atoms with Gasteiger partial charge in [-0.1, -0.05) is 23.7 Å². The summed E-state index contributed by atoms with van der Waals surface area (Å²) in [5.74, 6) is 0. The number of aromatic nitrogens is 1. The molecule has 0 aliphatic rings. The average molecular weight is 328 g/mol. The van der Waals surface area contributed by atoms with Gasteiger partial charge in [-0.3, -0.25) is 0 Å². The lowest BCUT2D eigenvalue weighted by Gasteiger charge is -2.17. The van der Waals surface area contributed by atoms with Gasteiger partial charge in [0.2, 0.25) is 5.52 Å². The second-order valence-corrected chi connectivity index (χ2v) is 5.49. The highest BCUT2D eigenvalue weighted by Crippen LogP contribution is 2.25. The van der Waals surface area contributed by atoms with E-state index in [4.69, 9.17) is 30.2 Å². The van der Waals surface area contributed by atoms with E-state index in [-0.39, 0.29) is 0 Å². The molecule has 0 unspecified atom stereocenters. The quantitative estimate of drug-likeness (QED) is 0.382. The molecule has 110 valence electrons. The van der Waals surface area contributed by atoms with E-state index >= 15 is 0 Å². The average Bonchev–Trinajstić information content (AvgIpc) is 2.39. The van der Waals surface area contributed by atoms with Crippen LogP contribution >= 0.6 is 11.6 Å². The Balaban J connectivity index is 0.000000282. The van der Waals surface area contributed by atoms with Crippen molar-refractivity contribution in [1.82, 2.24) is 0 Å². The minimum absolute atomic E-state index is 0.804. The summed E-state index contributed by atoms with van der Waals surface area (Å²) in [6.07, 6.45) is 4.13. The van der Waals surface area contributed by atoms with E-state index in [0.29, 0.717) is 0 Å². The van der Waals surface area contributed by atoms with Crippen molar-refractivity contribution in [3.63, 3.8) is 0 Å². The Morgan fingerprint density at radius 2 is 1.62 bits per heavy atom. The van der Waals surface area contributed by atoms with Gasteiger partial charge in [-0.15, -0.1) is 10.2 Å². The zero-order valence-electron chi connectivity index (χ0n) is 11.0. The van der Waals surface area contributed by atoms with Gasteiger partial charge in [-0.2, -0.15) is 4.40 Å². The summed E-state index contributed by atoms with van der Waals surface area (Å²) in [6, 6.07) is 12.2. The lowest BCUT2D eigenvalue weighted by atomic mass is 10.1. The molecule has 0 spiro atoms. The lowest BCUT2D eigenvalue weighted by molar-refractivity contribution is -2.00. The van der Waals surface area contributed by atoms with Gasteiger partial charge in [0.25, 0.3) is 0 Å². The largest absolute Gasteiger partial charge is 0.222 e. The number of hydrogen-bond acceptors (Lipinski definition) is 4. The number of halogens is 2. The van der Waals surface area contributed by atoms with Crippen LogP contribution in [0.15, 0.2) is 48.8 Å². The second-order valence-electron chi connectivity index (χ2n) is 4.33. The number of hydrogen-bond donors (Lipinski definition) is 0. The molecule has 0 saturated heterocycles. The Morgan fingerprint density at radius 3 is 2.29 bits per heavy atom. The first kappa shape index (κ1) is 15.9. The van der Waals surface area contributed by atoms with Gasteiger partial charge in [0.05, 0.1) is 10.4 Å². The molecule has 0 aliphatic carbocycles. The van der Waals surface area contributed by atoms with Crippen LogP contribution in [0.25, 0.3) is 16.3 Å². The fraction of sp³-hybridized carbons (Fsp3) is 0.0714. The predicted octanol–water partition coefficient (Wildman–Crippen LogP) is -1.22. The highest BCUT2D eigenvalue weighted by atomic mass is 35.7. The van der Waals surface area contributed by atoms with Crippen molar-refractivity contribution in [2.24, 2.45) is 0 Å². The molecule has 0 atom stereocenters. The molecule has 5 nitrogen and oxygen atoms in total. The van der Waals surface area contributed by atoms with Crippen LogP contribution in [0.2, 0.25) is 5.02 Å². The maximum Gasteiger partial charge on any atom is 0.214 e. The molecule has 0 saturated carbocycles. The van der Waals surface area contributed by atoms with Crippen LogP contribution in [0.1, 0.15) is 5.56 Å². The van der Waals surface area contributed by atoms with Crippen molar-refractivity contribution in [3.05, 3.63) is 59.4 Å². The minimum atomic E-state index is -4.94. The Kier molecular flexibility index (Phi) is 4.63. The SMILES string of the molecule is Cc1c2cccc(Cl)c2c[n+]2ccccc12.[O-][Cl+3]([O-])([O-])[O-]. The molecule has 2 heterocycles. The Bertz CT molecular complexity index is 781. The van der Waals surface area contributed by atoms with E-state index in [1.54, 1.807) is 0 Å². The van der Waals surface area contributed by atoms with Crippen LogP contribution in [-0.2, 0) is 0 Å². The standard InChI is InChI=1S/C14H11ClN.ClHO4/c1-10-11-5-4-6-13(15)12(11)9-16-8-3-2-7-14(10)16;2-1(3,4)5/h2-9H,1H3;(H,2,3,4,5)/q+1;/p-1. The van der Waals surface area contributed by atoms with Gasteiger partial charge >= 0.3 is 0 Å². The van der Waals surface area contributed by atoms with E-state index in [1.807, 2.05) is 24.4 Å². The van der Waals surface area contributed by atoms with Gasteiger partial charge in [-0.25, -0.2) is 18.6 Å². The zero-order chi connectivity index (χ0) is 15.6. The van der Waals surface area contributed by atoms with Crippen molar-refractivity contribution in [2.75, 3.05) is 0 Å². The van der Waals surface area contributed by atoms with Crippen LogP contribution in [0.5, 0.6) is 0 Å². The van der Waals surface area contributed by atoms with Crippen LogP contribution in [0.3, 0.4) is 0 Å². The third-order valence-electron chi connectivity index (χ3n) is 3.00. The van der Waals surface area contributed by atoms with Crippen molar-refractivity contribution < 1.29 is 33.3 Å². The molecule has 1 aromatic carbocycles. The van der Waals surface area contributed by atoms with Gasteiger partial charge in [0.1, 0.15) is 0 Å². The number of nitrogens with zero attached hydrogens (tertiary/aromatic N) is 1. The third kappa shape index (κ3) is 4.01. The predicted molar refractivity (Wildman–Crippen MR) is 66.9 cm³/mol. The molecule has 2 aromatic heterocycles. The van der Waals surface area contributed by atoms with Crippen molar-refractivity contribution in [3.8, 4) is 0 Å². The Morgan fingerprint density at radius 1 is 0.952 bits per heavy atom. The molecule has 0 N–H and O–H groups in total. The molecule has 3 aromatic rings. The summed E-state index contributed by atoms with van der Waals surface area (Å²) in [7, 11) is -4.94. The molecule has 3 rings (SSSR count). The normalized spacial score (nSPS) is 11.3. The fourth-order valence-corrected chi connectivity index (χ4v) is 2.38. The van der Waals surface area contributed by atoms with Crippen LogP contribution in [-0.4, -0.2) is 0 Å². The third-order valence-corrected chi connectivity index (χ3v) is 3.33. The van der Waals surface area contributed by atoms with Crippen LogP contribution < -0.4 is 23.0 Å². The highest BCUT2D eigenvalue weighted by Gasteiger charge is 2.11. The van der Waals surface area contributed by atoms with Gasteiger partial charge in [0.15, 0.2) is 12.4 Å². The highest BCUT2D eigenvalue weighted by molar-refractivity contribution is 6.35. The summed E-state index contributed by atoms with van der Waals surface area (Å²) >= 11 is 6.22. The van der Waals surface area contributed by atoms with E-state index in [1.165, 1.54) is 16.5 Å². The number of pyridine rings is 2. The van der Waals surface area contributed by atoms with E-state index in [2.05, 4.69) is 35.7 Å². The van der Waals surface area contributed by atoms with Gasteiger partial charge in [-0.05, 0) is 24.4 Å². The number of fused-ring (bicyclic) bond motifs is 2. The van der Waals surface area contributed by atoms with Crippen molar-refractivity contribution in [2.45, 2.75) is 6.92 Å². The van der Waals surface area contributed by atoms with Crippen molar-refractivity contribution in [1.29, 1.82) is 0 Å². The number of rotatable bonds is 0. The first-order valence-electron chi connectivity index (χ1n) is 5.87. The summed E-state index contributed by atoms with van der Waals surface area (Å²) < 4.78 is 36.1. The number of aryl methyl sites for hydroxylation is 1. The molecule has 7 heteroatoms. The van der Waals surface area contributed by atoms with Crippen molar-refractivity contribution >= 4 is 27.9 Å². The zero-order valence-corrected chi connectivity index (χ0v) is 12.5. The maximum atomic E-state index is 8.49. The fourth-order valence-electron chi connectivity index (χ4n) is 2.16. The first-order chi connectivity index (χ1) is 9.77. The molecule has 0 bridgehead atoms. The molecular weight excluding hydrogens is 317 g/mol. The molecule has 21 heavy (non-hydrogen) atoms. The smallest absolute Gasteiger partial charge is 0.214 e. The molecule has 0 fully saturated rings. The monoisotopic (exact) mass is 327 g/mol. The first-order valence-corrected chi connectivity index (χ1v) is 7.48. The Hall–Kier alpha value is -1.47. The molecule has 0 radical (unpaired) electrons. The van der Waals surface area contributed by atoms with Crippen LogP contribution in [0, 0.1) is 17.2 Å². The summed E-state index contributed by atoms with van der Waals surface area (Å²) in [4.78, 5) is 0. The van der Waals surface area contributed by atoms with E-state index in [0.717, 1.165) is 10.4 Å². The molecule has 0 aliphatic heterocycles. The van der Waals surface area contributed by atoms with Gasteiger partial charge in [0, 0.05) is 17.7 Å². The van der Waals surface area contributed by atoms with Crippen LogP contribution in [0.4, 0.5) is 0 Å². The summed E-state index contributed by atoms with van der Waals surface area (Å²) in [5.41, 5.74) is 2.48. The topological polar surface area (TPSA) is 96.3 Å². The molecule has 0 amide bonds. The Labute approximate surface area is 128 Å². The minimum Gasteiger partial charge on any atom is -0.222 e. The second kappa shape index (κ2) is 6.11. The lowest BCUT2D eigenvalue weighted by Crippen LogP contribution is -2.68. The van der Waals surface area contributed by atoms with Gasteiger partial charge < -0.3 is 0 Å².